The van der Waals surface area contributed by atoms with E-state index in [9.17, 15) is 14.4 Å². The average molecular weight is 431 g/mol. The van der Waals surface area contributed by atoms with E-state index in [1.54, 1.807) is 19.9 Å². The van der Waals surface area contributed by atoms with Crippen molar-refractivity contribution in [1.29, 1.82) is 0 Å². The number of Topliss-reactive ketones (excluding diaryl/α,β-unsaturated/α-hetero) is 1. The van der Waals surface area contributed by atoms with Gasteiger partial charge in [0, 0.05) is 18.9 Å². The number of hydrogen-bond acceptors (Lipinski definition) is 5. The van der Waals surface area contributed by atoms with Crippen molar-refractivity contribution in [3.8, 4) is 0 Å². The fraction of sp³-hybridized carbons (Fsp3) is 0.577. The van der Waals surface area contributed by atoms with Crippen molar-refractivity contribution in [2.45, 2.75) is 85.2 Å². The van der Waals surface area contributed by atoms with Gasteiger partial charge in [-0.2, -0.15) is 0 Å². The van der Waals surface area contributed by atoms with Crippen LogP contribution in [0.5, 0.6) is 0 Å². The van der Waals surface area contributed by atoms with E-state index < -0.39 is 0 Å². The molecule has 0 aromatic heterocycles. The lowest BCUT2D eigenvalue weighted by atomic mass is 9.90. The molecule has 0 saturated heterocycles. The summed E-state index contributed by atoms with van der Waals surface area (Å²) in [5.41, 5.74) is 2.00. The highest BCUT2D eigenvalue weighted by atomic mass is 16.5. The number of ether oxygens (including phenoxy) is 2. The zero-order chi connectivity index (χ0) is 23.1. The third kappa shape index (κ3) is 12.1. The molecular formula is C26H38O5. The van der Waals surface area contributed by atoms with E-state index in [-0.39, 0.29) is 29.7 Å². The molecule has 0 radical (unpaired) electrons. The molecular weight excluding hydrogens is 392 g/mol. The Morgan fingerprint density at radius 2 is 1.61 bits per heavy atom. The molecule has 0 aliphatic carbocycles. The van der Waals surface area contributed by atoms with E-state index in [2.05, 4.69) is 6.92 Å². The molecule has 5 heteroatoms. The van der Waals surface area contributed by atoms with Crippen LogP contribution in [0.15, 0.2) is 30.3 Å². The zero-order valence-corrected chi connectivity index (χ0v) is 19.5. The number of ketones is 1. The van der Waals surface area contributed by atoms with Crippen LogP contribution in [0.25, 0.3) is 6.08 Å². The van der Waals surface area contributed by atoms with Crippen LogP contribution < -0.4 is 0 Å². The van der Waals surface area contributed by atoms with Gasteiger partial charge in [0.15, 0.2) is 0 Å². The van der Waals surface area contributed by atoms with Gasteiger partial charge in [0.1, 0.15) is 11.9 Å². The minimum Gasteiger partial charge on any atom is -0.463 e. The molecule has 0 N–H and O–H groups in total. The van der Waals surface area contributed by atoms with Crippen LogP contribution in [0.3, 0.4) is 0 Å². The van der Waals surface area contributed by atoms with Gasteiger partial charge in [-0.05, 0) is 69.6 Å². The highest BCUT2D eigenvalue weighted by molar-refractivity contribution is 5.87. The lowest BCUT2D eigenvalue weighted by Crippen LogP contribution is -2.18. The molecule has 0 fully saturated rings. The first-order chi connectivity index (χ1) is 14.8. The summed E-state index contributed by atoms with van der Waals surface area (Å²) in [6.07, 6.45) is 10.4. The van der Waals surface area contributed by atoms with E-state index in [4.69, 9.17) is 9.47 Å². The smallest absolute Gasteiger partial charge is 0.330 e. The quantitative estimate of drug-likeness (QED) is 0.203. The number of rotatable bonds is 15. The molecule has 1 aromatic rings. The second-order valence-corrected chi connectivity index (χ2v) is 8.00. The minimum atomic E-state index is -0.357. The predicted molar refractivity (Wildman–Crippen MR) is 124 cm³/mol. The second-order valence-electron chi connectivity index (χ2n) is 8.00. The van der Waals surface area contributed by atoms with Gasteiger partial charge in [0.25, 0.3) is 0 Å². The van der Waals surface area contributed by atoms with Gasteiger partial charge >= 0.3 is 11.9 Å². The summed E-state index contributed by atoms with van der Waals surface area (Å²) in [5.74, 6) is -0.456. The van der Waals surface area contributed by atoms with Crippen molar-refractivity contribution < 1.29 is 23.9 Å². The standard InChI is InChI=1S/C26H38O5/c1-5-7-8-11-25(31-21(4)28)12-9-10-24(20(3)27)19-23-15-13-22(14-16-23)17-18-26(29)30-6-2/h13-18,24-25H,5-12,19H2,1-4H3/b18-17+. The second kappa shape index (κ2) is 15.4. The summed E-state index contributed by atoms with van der Waals surface area (Å²) in [5, 5.41) is 0. The van der Waals surface area contributed by atoms with Gasteiger partial charge in [0.05, 0.1) is 6.61 Å². The molecule has 172 valence electrons. The summed E-state index contributed by atoms with van der Waals surface area (Å²) in [7, 11) is 0. The van der Waals surface area contributed by atoms with E-state index in [1.807, 2.05) is 24.3 Å². The van der Waals surface area contributed by atoms with Crippen LogP contribution in [0.2, 0.25) is 0 Å². The summed E-state index contributed by atoms with van der Waals surface area (Å²) in [6.45, 7) is 7.38. The fourth-order valence-corrected chi connectivity index (χ4v) is 3.56. The van der Waals surface area contributed by atoms with Crippen molar-refractivity contribution in [3.63, 3.8) is 0 Å². The fourth-order valence-electron chi connectivity index (χ4n) is 3.56. The third-order valence-corrected chi connectivity index (χ3v) is 5.28. The summed E-state index contributed by atoms with van der Waals surface area (Å²) >= 11 is 0. The number of carbonyl (C=O) groups excluding carboxylic acids is 3. The Morgan fingerprint density at radius 3 is 2.19 bits per heavy atom. The molecule has 0 heterocycles. The number of esters is 2. The van der Waals surface area contributed by atoms with Crippen LogP contribution in [0.1, 0.15) is 83.8 Å². The molecule has 5 nitrogen and oxygen atoms in total. The van der Waals surface area contributed by atoms with Gasteiger partial charge in [-0.25, -0.2) is 4.79 Å². The highest BCUT2D eigenvalue weighted by Gasteiger charge is 2.17. The summed E-state index contributed by atoms with van der Waals surface area (Å²) < 4.78 is 10.3. The first-order valence-electron chi connectivity index (χ1n) is 11.5. The van der Waals surface area contributed by atoms with Crippen LogP contribution in [0, 0.1) is 5.92 Å². The molecule has 0 spiro atoms. The molecule has 2 unspecified atom stereocenters. The molecule has 1 aromatic carbocycles. The Morgan fingerprint density at radius 1 is 0.935 bits per heavy atom. The maximum absolute atomic E-state index is 12.2. The monoisotopic (exact) mass is 430 g/mol. The largest absolute Gasteiger partial charge is 0.463 e. The molecule has 0 aliphatic rings. The maximum Gasteiger partial charge on any atom is 0.330 e. The van der Waals surface area contributed by atoms with E-state index in [0.717, 1.165) is 56.1 Å². The minimum absolute atomic E-state index is 0.0467. The normalized spacial score (nSPS) is 13.0. The Bertz CT molecular complexity index is 705. The maximum atomic E-state index is 12.2. The SMILES string of the molecule is CCCCCC(CCCC(Cc1ccc(/C=C/C(=O)OCC)cc1)C(C)=O)OC(C)=O. The van der Waals surface area contributed by atoms with Gasteiger partial charge in [-0.3, -0.25) is 9.59 Å². The van der Waals surface area contributed by atoms with Crippen molar-refractivity contribution in [3.05, 3.63) is 41.5 Å². The van der Waals surface area contributed by atoms with E-state index in [1.165, 1.54) is 13.0 Å². The Hall–Kier alpha value is -2.43. The van der Waals surface area contributed by atoms with Crippen molar-refractivity contribution in [2.24, 2.45) is 5.92 Å². The van der Waals surface area contributed by atoms with Crippen LogP contribution in [0.4, 0.5) is 0 Å². The Balaban J connectivity index is 2.58. The van der Waals surface area contributed by atoms with E-state index >= 15 is 0 Å². The zero-order valence-electron chi connectivity index (χ0n) is 19.5. The van der Waals surface area contributed by atoms with Gasteiger partial charge < -0.3 is 9.47 Å². The van der Waals surface area contributed by atoms with Crippen LogP contribution in [-0.2, 0) is 30.3 Å². The molecule has 2 atom stereocenters. The summed E-state index contributed by atoms with van der Waals surface area (Å²) in [4.78, 5) is 35.0. The predicted octanol–water partition coefficient (Wildman–Crippen LogP) is 5.69. The van der Waals surface area contributed by atoms with Gasteiger partial charge in [-0.1, -0.05) is 44.0 Å². The number of carbonyl (C=O) groups is 3. The van der Waals surface area contributed by atoms with Crippen molar-refractivity contribution in [1.82, 2.24) is 0 Å². The van der Waals surface area contributed by atoms with Gasteiger partial charge in [0.2, 0.25) is 0 Å². The first kappa shape index (κ1) is 26.6. The lowest BCUT2D eigenvalue weighted by Gasteiger charge is -2.19. The Kier molecular flexibility index (Phi) is 13.2. The number of unbranched alkanes of at least 4 members (excludes halogenated alkanes) is 2. The molecule has 0 saturated carbocycles. The topological polar surface area (TPSA) is 69.7 Å². The number of hydrogen-bond donors (Lipinski definition) is 0. The molecule has 0 amide bonds. The highest BCUT2D eigenvalue weighted by Crippen LogP contribution is 2.20. The molecule has 31 heavy (non-hydrogen) atoms. The average Bonchev–Trinajstić information content (AvgIpc) is 2.72. The summed E-state index contributed by atoms with van der Waals surface area (Å²) in [6, 6.07) is 7.86. The van der Waals surface area contributed by atoms with Crippen LogP contribution >= 0.6 is 0 Å². The van der Waals surface area contributed by atoms with E-state index in [0.29, 0.717) is 13.0 Å². The third-order valence-electron chi connectivity index (χ3n) is 5.28. The van der Waals surface area contributed by atoms with Crippen LogP contribution in [-0.4, -0.2) is 30.4 Å². The Labute approximate surface area is 187 Å². The van der Waals surface area contributed by atoms with Gasteiger partial charge in [-0.15, -0.1) is 0 Å². The first-order valence-corrected chi connectivity index (χ1v) is 11.5. The van der Waals surface area contributed by atoms with Crippen molar-refractivity contribution in [2.75, 3.05) is 6.61 Å². The molecule has 0 bridgehead atoms. The molecule has 1 rings (SSSR count). The lowest BCUT2D eigenvalue weighted by molar-refractivity contribution is -0.147. The van der Waals surface area contributed by atoms with Crippen molar-refractivity contribution >= 4 is 23.8 Å². The molecule has 0 aliphatic heterocycles. The number of benzene rings is 1.